The predicted octanol–water partition coefficient (Wildman–Crippen LogP) is 0.429. The van der Waals surface area contributed by atoms with E-state index in [2.05, 4.69) is 0 Å². The summed E-state index contributed by atoms with van der Waals surface area (Å²) >= 11 is 0. The number of nitrogen functional groups attached to an aromatic ring is 1. The van der Waals surface area contributed by atoms with Gasteiger partial charge < -0.3 is 34.5 Å². The molecule has 5 atom stereocenters. The fourth-order valence-corrected chi connectivity index (χ4v) is 3.76. The molecule has 1 heterocycles. The van der Waals surface area contributed by atoms with Crippen LogP contribution in [0.15, 0.2) is 18.2 Å². The van der Waals surface area contributed by atoms with Crippen molar-refractivity contribution in [1.82, 2.24) is 0 Å². The molecule has 0 radical (unpaired) electrons. The lowest BCUT2D eigenvalue weighted by Crippen LogP contribution is -2.63. The maximum Gasteiger partial charge on any atom is 0.339 e. The molecule has 0 spiro atoms. The molecule has 11 nitrogen and oxygen atoms in total. The minimum Gasteiger partial charge on any atom is -0.467 e. The minimum atomic E-state index is -1.43. The first-order valence-electron chi connectivity index (χ1n) is 10.3. The maximum atomic E-state index is 12.4. The second-order valence-corrected chi connectivity index (χ2v) is 7.57. The third-order valence-corrected chi connectivity index (χ3v) is 5.07. The molecule has 182 valence electrons. The van der Waals surface area contributed by atoms with Gasteiger partial charge in [-0.25, -0.2) is 4.79 Å². The number of ether oxygens (including phenoxy) is 5. The van der Waals surface area contributed by atoms with Crippen LogP contribution in [0.1, 0.15) is 38.3 Å². The van der Waals surface area contributed by atoms with E-state index in [0.29, 0.717) is 17.7 Å². The molecule has 1 saturated heterocycles. The number of carbonyl (C=O) groups excluding carboxylic acids is 4. The molecule has 0 amide bonds. The highest BCUT2D eigenvalue weighted by atomic mass is 16.7. The number of carbonyl (C=O) groups is 4. The number of methoxy groups -OCH3 is 1. The average molecular weight is 467 g/mol. The van der Waals surface area contributed by atoms with Gasteiger partial charge in [0.15, 0.2) is 24.4 Å². The van der Waals surface area contributed by atoms with Crippen LogP contribution >= 0.6 is 0 Å². The van der Waals surface area contributed by atoms with Crippen LogP contribution in [0.2, 0.25) is 0 Å². The zero-order valence-corrected chi connectivity index (χ0v) is 18.9. The summed E-state index contributed by atoms with van der Waals surface area (Å²) < 4.78 is 26.7. The molecule has 11 heteroatoms. The highest BCUT2D eigenvalue weighted by Gasteiger charge is 2.54. The Labute approximate surface area is 191 Å². The summed E-state index contributed by atoms with van der Waals surface area (Å²) in [4.78, 5) is 47.8. The third-order valence-electron chi connectivity index (χ3n) is 5.07. The summed E-state index contributed by atoms with van der Waals surface area (Å²) in [5, 5.41) is 9.62. The third kappa shape index (κ3) is 6.90. The summed E-state index contributed by atoms with van der Waals surface area (Å²) in [6, 6.07) is 5.03. The molecule has 1 aliphatic rings. The predicted molar refractivity (Wildman–Crippen MR) is 112 cm³/mol. The van der Waals surface area contributed by atoms with Crippen LogP contribution in [0.25, 0.3) is 0 Å². The molecule has 0 aliphatic carbocycles. The lowest BCUT2D eigenvalue weighted by Gasteiger charge is -2.43. The second kappa shape index (κ2) is 11.6. The van der Waals surface area contributed by atoms with Gasteiger partial charge in [0.25, 0.3) is 0 Å². The summed E-state index contributed by atoms with van der Waals surface area (Å²) in [7, 11) is 1.13. The van der Waals surface area contributed by atoms with Crippen molar-refractivity contribution in [1.29, 1.82) is 0 Å². The Balaban J connectivity index is 2.44. The largest absolute Gasteiger partial charge is 0.467 e. The average Bonchev–Trinajstić information content (AvgIpc) is 2.73. The van der Waals surface area contributed by atoms with Crippen molar-refractivity contribution in [2.45, 2.75) is 70.7 Å². The molecule has 0 unspecified atom stereocenters. The van der Waals surface area contributed by atoms with Crippen molar-refractivity contribution >= 4 is 29.6 Å². The van der Waals surface area contributed by atoms with Crippen molar-refractivity contribution in [3.63, 3.8) is 0 Å². The molecule has 0 aromatic heterocycles. The van der Waals surface area contributed by atoms with Crippen molar-refractivity contribution in [2.75, 3.05) is 12.8 Å². The van der Waals surface area contributed by atoms with Crippen LogP contribution in [0.4, 0.5) is 5.69 Å². The lowest BCUT2D eigenvalue weighted by molar-refractivity contribution is -0.249. The Bertz CT molecular complexity index is 886. The Hall–Kier alpha value is -3.18. The monoisotopic (exact) mass is 467 g/mol. The smallest absolute Gasteiger partial charge is 0.339 e. The molecule has 33 heavy (non-hydrogen) atoms. The highest BCUT2D eigenvalue weighted by molar-refractivity contribution is 5.77. The molecule has 3 N–H and O–H groups in total. The number of aryl methyl sites for hydroxylation is 1. The Morgan fingerprint density at radius 3 is 2.06 bits per heavy atom. The molecule has 1 fully saturated rings. The van der Waals surface area contributed by atoms with Gasteiger partial charge in [-0.2, -0.15) is 0 Å². The van der Waals surface area contributed by atoms with Crippen LogP contribution < -0.4 is 5.73 Å². The van der Waals surface area contributed by atoms with Crippen LogP contribution in [-0.4, -0.2) is 66.6 Å². The van der Waals surface area contributed by atoms with Gasteiger partial charge in [0, 0.05) is 26.5 Å². The van der Waals surface area contributed by atoms with Gasteiger partial charge in [-0.1, -0.05) is 6.07 Å². The van der Waals surface area contributed by atoms with Gasteiger partial charge >= 0.3 is 23.9 Å². The van der Waals surface area contributed by atoms with Gasteiger partial charge in [0.1, 0.15) is 0 Å². The van der Waals surface area contributed by atoms with Crippen molar-refractivity contribution in [2.24, 2.45) is 0 Å². The number of hydrogen-bond acceptors (Lipinski definition) is 11. The molecular formula is C22H29NO10. The first-order chi connectivity index (χ1) is 15.6. The van der Waals surface area contributed by atoms with E-state index in [9.17, 15) is 24.3 Å². The fourth-order valence-electron chi connectivity index (χ4n) is 3.76. The molecule has 1 aliphatic heterocycles. The van der Waals surface area contributed by atoms with E-state index in [-0.39, 0.29) is 13.0 Å². The van der Waals surface area contributed by atoms with Crippen LogP contribution in [-0.2, 0) is 55.9 Å². The van der Waals surface area contributed by atoms with Gasteiger partial charge in [-0.3, -0.25) is 14.4 Å². The Kier molecular flexibility index (Phi) is 9.18. The van der Waals surface area contributed by atoms with Gasteiger partial charge in [-0.05, 0) is 36.1 Å². The number of anilines is 1. The van der Waals surface area contributed by atoms with E-state index in [1.807, 2.05) is 0 Å². The van der Waals surface area contributed by atoms with E-state index < -0.39 is 54.4 Å². The summed E-state index contributed by atoms with van der Waals surface area (Å²) in [5.41, 5.74) is 7.71. The number of rotatable bonds is 8. The second-order valence-electron chi connectivity index (χ2n) is 7.57. The lowest BCUT2D eigenvalue weighted by atomic mass is 9.90. The molecule has 1 aromatic carbocycles. The van der Waals surface area contributed by atoms with E-state index in [0.717, 1.165) is 33.4 Å². The van der Waals surface area contributed by atoms with Crippen molar-refractivity contribution in [3.05, 3.63) is 29.3 Å². The van der Waals surface area contributed by atoms with Gasteiger partial charge in [0.05, 0.1) is 19.8 Å². The molecular weight excluding hydrogens is 438 g/mol. The van der Waals surface area contributed by atoms with E-state index in [1.54, 1.807) is 18.2 Å². The number of hydrogen-bond donors (Lipinski definition) is 2. The number of esters is 4. The number of aliphatic hydroxyl groups excluding tert-OH is 1. The molecule has 1 aromatic rings. The van der Waals surface area contributed by atoms with Crippen molar-refractivity contribution in [3.8, 4) is 0 Å². The molecule has 2 rings (SSSR count). The first-order valence-corrected chi connectivity index (χ1v) is 10.3. The van der Waals surface area contributed by atoms with Gasteiger partial charge in [0.2, 0.25) is 0 Å². The topological polar surface area (TPSA) is 161 Å². The molecule has 0 bridgehead atoms. The summed E-state index contributed by atoms with van der Waals surface area (Å²) in [6.45, 7) is 3.19. The van der Waals surface area contributed by atoms with Gasteiger partial charge in [-0.15, -0.1) is 0 Å². The minimum absolute atomic E-state index is 0.187. The standard InChI is InChI=1S/C22H29NO10/c1-11(25)30-18-17(8-6-14-9-16(23)7-5-15(14)10-24)33-21(22(28)29-4)20(32-13(3)27)19(18)31-12(2)26/h5,7,9,17-21,24H,6,8,10,23H2,1-4H3/t17-,18-,19+,20-,21-/m0/s1. The zero-order chi connectivity index (χ0) is 24.7. The first kappa shape index (κ1) is 26.1. The van der Waals surface area contributed by atoms with Crippen LogP contribution in [0.3, 0.4) is 0 Å². The zero-order valence-electron chi connectivity index (χ0n) is 18.9. The summed E-state index contributed by atoms with van der Waals surface area (Å²) in [5.74, 6) is -3.05. The van der Waals surface area contributed by atoms with E-state index in [1.165, 1.54) is 0 Å². The van der Waals surface area contributed by atoms with Crippen LogP contribution in [0, 0.1) is 0 Å². The Morgan fingerprint density at radius 2 is 1.52 bits per heavy atom. The van der Waals surface area contributed by atoms with E-state index >= 15 is 0 Å². The SMILES string of the molecule is COC(=O)[C@H]1O[C@@H](CCc2cc(N)ccc2CO)[C@H](OC(C)=O)[C@@H](OC(C)=O)[C@@H]1OC(C)=O. The summed E-state index contributed by atoms with van der Waals surface area (Å²) in [6.07, 6.45) is -5.78. The highest BCUT2D eigenvalue weighted by Crippen LogP contribution is 2.32. The number of aliphatic hydroxyl groups is 1. The maximum absolute atomic E-state index is 12.4. The van der Waals surface area contributed by atoms with E-state index in [4.69, 9.17) is 29.4 Å². The fraction of sp³-hybridized carbons (Fsp3) is 0.545. The van der Waals surface area contributed by atoms with Crippen molar-refractivity contribution < 1.29 is 48.0 Å². The normalized spacial score (nSPS) is 24.5. The molecule has 0 saturated carbocycles. The quantitative estimate of drug-likeness (QED) is 0.310. The Morgan fingerprint density at radius 1 is 0.939 bits per heavy atom. The number of benzene rings is 1. The van der Waals surface area contributed by atoms with Crippen LogP contribution in [0.5, 0.6) is 0 Å². The number of nitrogens with two attached hydrogens (primary N) is 1.